The van der Waals surface area contributed by atoms with E-state index in [1.165, 1.54) is 24.3 Å². The molecule has 2 amide bonds. The number of nitrogens with one attached hydrogen (secondary N) is 2. The molecule has 1 aromatic heterocycles. The zero-order valence-corrected chi connectivity index (χ0v) is 18.1. The van der Waals surface area contributed by atoms with Crippen molar-refractivity contribution in [3.05, 3.63) is 101 Å². The van der Waals surface area contributed by atoms with Gasteiger partial charge in [0.05, 0.1) is 11.3 Å². The van der Waals surface area contributed by atoms with Crippen molar-refractivity contribution in [3.63, 3.8) is 0 Å². The molecule has 1 heterocycles. The van der Waals surface area contributed by atoms with Crippen molar-refractivity contribution in [1.29, 1.82) is 0 Å². The molecule has 4 aromatic rings. The molecule has 4 rings (SSSR count). The summed E-state index contributed by atoms with van der Waals surface area (Å²) in [6, 6.07) is 16.0. The largest absolute Gasteiger partial charge is 0.418 e. The molecule has 10 heteroatoms. The summed E-state index contributed by atoms with van der Waals surface area (Å²) in [6.45, 7) is 1.91. The first kappa shape index (κ1) is 23.7. The van der Waals surface area contributed by atoms with E-state index >= 15 is 0 Å². The van der Waals surface area contributed by atoms with Crippen molar-refractivity contribution >= 4 is 23.2 Å². The summed E-state index contributed by atoms with van der Waals surface area (Å²) < 4.78 is 59.2. The van der Waals surface area contributed by atoms with Gasteiger partial charge in [-0.25, -0.2) is 4.39 Å². The second kappa shape index (κ2) is 9.41. The van der Waals surface area contributed by atoms with Crippen molar-refractivity contribution < 1.29 is 31.7 Å². The van der Waals surface area contributed by atoms with Crippen LogP contribution >= 0.6 is 0 Å². The second-order valence-electron chi connectivity index (χ2n) is 7.62. The van der Waals surface area contributed by atoms with Gasteiger partial charge in [0.2, 0.25) is 5.76 Å². The number of carbonyl (C=O) groups excluding carboxylic acids is 2. The molecule has 0 bridgehead atoms. The first-order chi connectivity index (χ1) is 16.6. The Hall–Kier alpha value is -4.47. The number of anilines is 2. The Morgan fingerprint density at radius 1 is 0.857 bits per heavy atom. The van der Waals surface area contributed by atoms with Gasteiger partial charge in [0.1, 0.15) is 11.5 Å². The van der Waals surface area contributed by atoms with Crippen LogP contribution in [-0.4, -0.2) is 17.0 Å². The van der Waals surface area contributed by atoms with E-state index in [0.717, 1.165) is 23.8 Å². The van der Waals surface area contributed by atoms with Gasteiger partial charge in [0.15, 0.2) is 0 Å². The number of amides is 2. The number of halogens is 4. The Labute approximate surface area is 196 Å². The average Bonchev–Trinajstić information content (AvgIpc) is 3.31. The van der Waals surface area contributed by atoms with Gasteiger partial charge in [-0.2, -0.15) is 13.2 Å². The minimum atomic E-state index is -4.84. The van der Waals surface area contributed by atoms with Gasteiger partial charge < -0.3 is 15.2 Å². The summed E-state index contributed by atoms with van der Waals surface area (Å²) in [5.41, 5.74) is 0.238. The zero-order chi connectivity index (χ0) is 25.2. The van der Waals surface area contributed by atoms with E-state index in [-0.39, 0.29) is 17.0 Å². The number of hydrogen-bond donors (Lipinski definition) is 2. The number of nitrogens with zero attached hydrogens (tertiary/aromatic N) is 1. The number of aryl methyl sites for hydroxylation is 1. The summed E-state index contributed by atoms with van der Waals surface area (Å²) in [6.07, 6.45) is -4.84. The maximum atomic E-state index is 13.7. The Morgan fingerprint density at radius 2 is 1.54 bits per heavy atom. The van der Waals surface area contributed by atoms with E-state index in [1.54, 1.807) is 12.1 Å². The highest BCUT2D eigenvalue weighted by atomic mass is 19.4. The highest BCUT2D eigenvalue weighted by molar-refractivity contribution is 6.05. The predicted molar refractivity (Wildman–Crippen MR) is 120 cm³/mol. The third-order valence-corrected chi connectivity index (χ3v) is 5.02. The van der Waals surface area contributed by atoms with Crippen LogP contribution in [0.4, 0.5) is 28.9 Å². The molecule has 6 nitrogen and oxygen atoms in total. The van der Waals surface area contributed by atoms with Gasteiger partial charge in [-0.15, -0.1) is 0 Å². The van der Waals surface area contributed by atoms with Crippen LogP contribution in [0.5, 0.6) is 0 Å². The molecule has 0 saturated heterocycles. The Balaban J connectivity index is 1.54. The van der Waals surface area contributed by atoms with Crippen LogP contribution < -0.4 is 10.6 Å². The fraction of sp³-hybridized carbons (Fsp3) is 0.0800. The van der Waals surface area contributed by atoms with E-state index in [9.17, 15) is 27.2 Å². The minimum absolute atomic E-state index is 0.0621. The summed E-state index contributed by atoms with van der Waals surface area (Å²) in [4.78, 5) is 24.8. The van der Waals surface area contributed by atoms with Crippen LogP contribution in [0.2, 0.25) is 0 Å². The summed E-state index contributed by atoms with van der Waals surface area (Å²) in [5, 5.41) is 8.31. The standard InChI is InChI=1S/C25H17F4N3O3/c1-14-2-4-15(5-3-14)21-13-22(35-32-21)24(34)31-20-11-10-18(12-19(20)25(27,28)29)30-23(33)16-6-8-17(26)9-7-16/h2-13H,1H3,(H,30,33)(H,31,34). The SMILES string of the molecule is Cc1ccc(-c2cc(C(=O)Nc3ccc(NC(=O)c4ccc(F)cc4)cc3C(F)(F)F)on2)cc1. The molecule has 2 N–H and O–H groups in total. The van der Waals surface area contributed by atoms with Crippen molar-refractivity contribution in [3.8, 4) is 11.3 Å². The van der Waals surface area contributed by atoms with Gasteiger partial charge in [-0.1, -0.05) is 35.0 Å². The Morgan fingerprint density at radius 3 is 2.20 bits per heavy atom. The molecular formula is C25H17F4N3O3. The van der Waals surface area contributed by atoms with E-state index in [1.807, 2.05) is 19.1 Å². The molecule has 0 saturated carbocycles. The number of aromatic nitrogens is 1. The molecule has 0 fully saturated rings. The van der Waals surface area contributed by atoms with Gasteiger partial charge >= 0.3 is 6.18 Å². The highest BCUT2D eigenvalue weighted by Gasteiger charge is 2.35. The van der Waals surface area contributed by atoms with Gasteiger partial charge in [0, 0.05) is 22.9 Å². The lowest BCUT2D eigenvalue weighted by Gasteiger charge is -2.15. The van der Waals surface area contributed by atoms with Crippen molar-refractivity contribution in [2.75, 3.05) is 10.6 Å². The molecule has 0 aliphatic carbocycles. The van der Waals surface area contributed by atoms with Gasteiger partial charge in [-0.05, 0) is 49.4 Å². The van der Waals surface area contributed by atoms with Crippen molar-refractivity contribution in [2.45, 2.75) is 13.1 Å². The Bertz CT molecular complexity index is 1380. The number of hydrogen-bond acceptors (Lipinski definition) is 4. The molecule has 0 spiro atoms. The van der Waals surface area contributed by atoms with Crippen LogP contribution in [-0.2, 0) is 6.18 Å². The van der Waals surface area contributed by atoms with Gasteiger partial charge in [0.25, 0.3) is 11.8 Å². The topological polar surface area (TPSA) is 84.2 Å². The monoisotopic (exact) mass is 483 g/mol. The van der Waals surface area contributed by atoms with E-state index in [2.05, 4.69) is 15.8 Å². The molecule has 0 aliphatic heterocycles. The summed E-state index contributed by atoms with van der Waals surface area (Å²) >= 11 is 0. The smallest absolute Gasteiger partial charge is 0.350 e. The van der Waals surface area contributed by atoms with Crippen LogP contribution in [0.1, 0.15) is 32.0 Å². The Kier molecular flexibility index (Phi) is 6.37. The molecular weight excluding hydrogens is 466 g/mol. The number of alkyl halides is 3. The quantitative estimate of drug-likeness (QED) is 0.326. The van der Waals surface area contributed by atoms with E-state index < -0.39 is 35.1 Å². The zero-order valence-electron chi connectivity index (χ0n) is 18.1. The summed E-state index contributed by atoms with van der Waals surface area (Å²) in [7, 11) is 0. The second-order valence-corrected chi connectivity index (χ2v) is 7.62. The fourth-order valence-electron chi connectivity index (χ4n) is 3.20. The van der Waals surface area contributed by atoms with Crippen molar-refractivity contribution in [1.82, 2.24) is 5.16 Å². The molecule has 3 aromatic carbocycles. The molecule has 0 aliphatic rings. The first-order valence-electron chi connectivity index (χ1n) is 10.2. The molecule has 0 radical (unpaired) electrons. The van der Waals surface area contributed by atoms with Crippen LogP contribution in [0.3, 0.4) is 0 Å². The maximum absolute atomic E-state index is 13.7. The lowest BCUT2D eigenvalue weighted by atomic mass is 10.1. The van der Waals surface area contributed by atoms with E-state index in [4.69, 9.17) is 4.52 Å². The minimum Gasteiger partial charge on any atom is -0.350 e. The summed E-state index contributed by atoms with van der Waals surface area (Å²) in [5.74, 6) is -2.48. The third kappa shape index (κ3) is 5.55. The highest BCUT2D eigenvalue weighted by Crippen LogP contribution is 2.37. The maximum Gasteiger partial charge on any atom is 0.418 e. The van der Waals surface area contributed by atoms with Crippen LogP contribution in [0.15, 0.2) is 77.3 Å². The third-order valence-electron chi connectivity index (χ3n) is 5.02. The predicted octanol–water partition coefficient (Wildman–Crippen LogP) is 6.31. The van der Waals surface area contributed by atoms with E-state index in [0.29, 0.717) is 17.3 Å². The first-order valence-corrected chi connectivity index (χ1v) is 10.2. The molecule has 35 heavy (non-hydrogen) atoms. The van der Waals surface area contributed by atoms with Crippen molar-refractivity contribution in [2.24, 2.45) is 0 Å². The lowest BCUT2D eigenvalue weighted by molar-refractivity contribution is -0.136. The molecule has 0 unspecified atom stereocenters. The number of benzene rings is 3. The average molecular weight is 483 g/mol. The number of carbonyl (C=O) groups is 2. The van der Waals surface area contributed by atoms with Gasteiger partial charge in [-0.3, -0.25) is 9.59 Å². The lowest BCUT2D eigenvalue weighted by Crippen LogP contribution is -2.17. The normalized spacial score (nSPS) is 11.2. The molecule has 178 valence electrons. The van der Waals surface area contributed by atoms with Crippen LogP contribution in [0.25, 0.3) is 11.3 Å². The fourth-order valence-corrected chi connectivity index (χ4v) is 3.20. The number of rotatable bonds is 5. The van der Waals surface area contributed by atoms with Crippen LogP contribution in [0, 0.1) is 12.7 Å². The molecule has 0 atom stereocenters.